The number of para-hydroxylation sites is 2. The summed E-state index contributed by atoms with van der Waals surface area (Å²) in [6, 6.07) is 32.1. The normalized spacial score (nSPS) is 10.8. The number of phenols is 2. The van der Waals surface area contributed by atoms with Gasteiger partial charge in [-0.25, -0.2) is 0 Å². The van der Waals surface area contributed by atoms with E-state index < -0.39 is 0 Å². The van der Waals surface area contributed by atoms with Crippen molar-refractivity contribution in [1.29, 1.82) is 0 Å². The number of phenolic OH excluding ortho intramolecular Hbond substituents is 2. The van der Waals surface area contributed by atoms with Crippen LogP contribution in [-0.2, 0) is 25.7 Å². The molecule has 3 heteroatoms. The van der Waals surface area contributed by atoms with E-state index in [4.69, 9.17) is 0 Å². The van der Waals surface area contributed by atoms with E-state index in [0.717, 1.165) is 36.8 Å². The van der Waals surface area contributed by atoms with Crippen molar-refractivity contribution in [3.63, 3.8) is 0 Å². The number of benzene rings is 4. The molecule has 0 aliphatic heterocycles. The van der Waals surface area contributed by atoms with Crippen molar-refractivity contribution in [3.05, 3.63) is 119 Å². The number of aryl methyl sites for hydroxylation is 4. The van der Waals surface area contributed by atoms with Gasteiger partial charge >= 0.3 is 0 Å². The third kappa shape index (κ3) is 5.50. The van der Waals surface area contributed by atoms with Crippen molar-refractivity contribution in [2.75, 3.05) is 0 Å². The second-order valence-corrected chi connectivity index (χ2v) is 8.66. The SMILES string of the molecule is Oc1ccccc1CCc1ccccc1Sc1ccccc1CCc1ccccc1O. The van der Waals surface area contributed by atoms with Crippen molar-refractivity contribution in [1.82, 2.24) is 0 Å². The molecule has 2 nitrogen and oxygen atoms in total. The Hall–Kier alpha value is -3.17. The van der Waals surface area contributed by atoms with Crippen LogP contribution in [0, 0.1) is 0 Å². The maximum atomic E-state index is 10.1. The fourth-order valence-electron chi connectivity index (χ4n) is 3.72. The largest absolute Gasteiger partial charge is 0.508 e. The number of hydrogen-bond donors (Lipinski definition) is 2. The standard InChI is InChI=1S/C28H26O2S/c29-25-13-5-1-9-21(25)17-19-23-11-3-7-15-27(23)31-28-16-8-4-12-24(28)20-18-22-10-2-6-14-26(22)30/h1-16,29-30H,17-20H2. The van der Waals surface area contributed by atoms with Crippen LogP contribution in [0.4, 0.5) is 0 Å². The highest BCUT2D eigenvalue weighted by molar-refractivity contribution is 7.99. The Labute approximate surface area is 188 Å². The van der Waals surface area contributed by atoms with Gasteiger partial charge in [-0.3, -0.25) is 0 Å². The minimum absolute atomic E-state index is 0.363. The average Bonchev–Trinajstić information content (AvgIpc) is 2.80. The predicted octanol–water partition coefficient (Wildman–Crippen LogP) is 6.82. The van der Waals surface area contributed by atoms with Crippen LogP contribution in [0.1, 0.15) is 22.3 Å². The topological polar surface area (TPSA) is 40.5 Å². The van der Waals surface area contributed by atoms with Crippen molar-refractivity contribution in [3.8, 4) is 11.5 Å². The van der Waals surface area contributed by atoms with Gasteiger partial charge in [0, 0.05) is 9.79 Å². The van der Waals surface area contributed by atoms with Gasteiger partial charge in [-0.2, -0.15) is 0 Å². The molecule has 0 saturated heterocycles. The number of aromatic hydroxyl groups is 2. The van der Waals surface area contributed by atoms with Crippen LogP contribution in [0.5, 0.6) is 11.5 Å². The minimum Gasteiger partial charge on any atom is -0.508 e. The van der Waals surface area contributed by atoms with Gasteiger partial charge in [0.25, 0.3) is 0 Å². The van der Waals surface area contributed by atoms with Crippen LogP contribution in [0.15, 0.2) is 107 Å². The summed E-state index contributed by atoms with van der Waals surface area (Å²) in [5.74, 6) is 0.726. The van der Waals surface area contributed by atoms with E-state index in [2.05, 4.69) is 48.5 Å². The van der Waals surface area contributed by atoms with Crippen molar-refractivity contribution >= 4 is 11.8 Å². The second kappa shape index (κ2) is 10.2. The second-order valence-electron chi connectivity index (χ2n) is 7.57. The molecule has 0 fully saturated rings. The minimum atomic E-state index is 0.363. The zero-order chi connectivity index (χ0) is 21.5. The molecule has 0 saturated carbocycles. The summed E-state index contributed by atoms with van der Waals surface area (Å²) in [6.07, 6.45) is 3.36. The molecule has 0 spiro atoms. The first-order valence-corrected chi connectivity index (χ1v) is 11.4. The Kier molecular flexibility index (Phi) is 6.96. The smallest absolute Gasteiger partial charge is 0.118 e. The van der Waals surface area contributed by atoms with Crippen LogP contribution in [-0.4, -0.2) is 10.2 Å². The Balaban J connectivity index is 1.50. The van der Waals surface area contributed by atoms with Crippen LogP contribution in [0.2, 0.25) is 0 Å². The first-order chi connectivity index (χ1) is 15.2. The summed E-state index contributed by atoms with van der Waals surface area (Å²) >= 11 is 1.79. The molecule has 2 N–H and O–H groups in total. The van der Waals surface area contributed by atoms with Gasteiger partial charge in [-0.1, -0.05) is 84.6 Å². The molecule has 0 unspecified atom stereocenters. The van der Waals surface area contributed by atoms with Crippen LogP contribution in [0.25, 0.3) is 0 Å². The lowest BCUT2D eigenvalue weighted by Crippen LogP contribution is -1.96. The quantitative estimate of drug-likeness (QED) is 0.325. The zero-order valence-corrected chi connectivity index (χ0v) is 18.2. The average molecular weight is 427 g/mol. The molecule has 0 heterocycles. The molecule has 4 aromatic rings. The monoisotopic (exact) mass is 426 g/mol. The first kappa shape index (κ1) is 21.1. The Bertz CT molecular complexity index is 1060. The third-order valence-electron chi connectivity index (χ3n) is 5.48. The van der Waals surface area contributed by atoms with Gasteiger partial charge in [0.15, 0.2) is 0 Å². The molecule has 31 heavy (non-hydrogen) atoms. The molecule has 0 radical (unpaired) electrons. The van der Waals surface area contributed by atoms with E-state index in [1.165, 1.54) is 20.9 Å². The summed E-state index contributed by atoms with van der Waals surface area (Å²) < 4.78 is 0. The Morgan fingerprint density at radius 2 is 0.742 bits per heavy atom. The number of hydrogen-bond acceptors (Lipinski definition) is 3. The highest BCUT2D eigenvalue weighted by atomic mass is 32.2. The molecule has 0 amide bonds. The van der Waals surface area contributed by atoms with E-state index in [1.54, 1.807) is 23.9 Å². The van der Waals surface area contributed by atoms with Gasteiger partial charge in [0.05, 0.1) is 0 Å². The molecule has 0 aliphatic rings. The van der Waals surface area contributed by atoms with Crippen molar-refractivity contribution in [2.45, 2.75) is 35.5 Å². The molecule has 0 aromatic heterocycles. The molecule has 0 atom stereocenters. The summed E-state index contributed by atoms with van der Waals surface area (Å²) in [7, 11) is 0. The highest BCUT2D eigenvalue weighted by Crippen LogP contribution is 2.34. The van der Waals surface area contributed by atoms with E-state index >= 15 is 0 Å². The molecule has 156 valence electrons. The molecule has 0 bridgehead atoms. The summed E-state index contributed by atoms with van der Waals surface area (Å²) in [5, 5.41) is 20.2. The van der Waals surface area contributed by atoms with Crippen LogP contribution >= 0.6 is 11.8 Å². The predicted molar refractivity (Wildman–Crippen MR) is 128 cm³/mol. The van der Waals surface area contributed by atoms with Crippen molar-refractivity contribution < 1.29 is 10.2 Å². The van der Waals surface area contributed by atoms with E-state index in [0.29, 0.717) is 11.5 Å². The molecule has 4 aromatic carbocycles. The Morgan fingerprint density at radius 1 is 0.419 bits per heavy atom. The highest BCUT2D eigenvalue weighted by Gasteiger charge is 2.10. The first-order valence-electron chi connectivity index (χ1n) is 10.6. The maximum Gasteiger partial charge on any atom is 0.118 e. The maximum absolute atomic E-state index is 10.1. The summed E-state index contributed by atoms with van der Waals surface area (Å²) in [6.45, 7) is 0. The van der Waals surface area contributed by atoms with Gasteiger partial charge in [0.1, 0.15) is 11.5 Å². The summed E-state index contributed by atoms with van der Waals surface area (Å²) in [5.41, 5.74) is 4.52. The molecule has 4 rings (SSSR count). The van der Waals surface area contributed by atoms with E-state index in [9.17, 15) is 10.2 Å². The van der Waals surface area contributed by atoms with Gasteiger partial charge in [-0.05, 0) is 72.2 Å². The van der Waals surface area contributed by atoms with Crippen molar-refractivity contribution in [2.24, 2.45) is 0 Å². The van der Waals surface area contributed by atoms with Gasteiger partial charge in [0.2, 0.25) is 0 Å². The zero-order valence-electron chi connectivity index (χ0n) is 17.4. The van der Waals surface area contributed by atoms with Gasteiger partial charge in [-0.15, -0.1) is 0 Å². The molecular formula is C28H26O2S. The van der Waals surface area contributed by atoms with E-state index in [-0.39, 0.29) is 0 Å². The fraction of sp³-hybridized carbons (Fsp3) is 0.143. The molecular weight excluding hydrogens is 400 g/mol. The lowest BCUT2D eigenvalue weighted by Gasteiger charge is -2.13. The lowest BCUT2D eigenvalue weighted by atomic mass is 10.0. The molecule has 0 aliphatic carbocycles. The van der Waals surface area contributed by atoms with Crippen LogP contribution in [0.3, 0.4) is 0 Å². The van der Waals surface area contributed by atoms with Gasteiger partial charge < -0.3 is 10.2 Å². The third-order valence-corrected chi connectivity index (χ3v) is 6.71. The van der Waals surface area contributed by atoms with Crippen LogP contribution < -0.4 is 0 Å². The van der Waals surface area contributed by atoms with E-state index in [1.807, 2.05) is 36.4 Å². The number of rotatable bonds is 8. The summed E-state index contributed by atoms with van der Waals surface area (Å²) in [4.78, 5) is 2.49. The lowest BCUT2D eigenvalue weighted by molar-refractivity contribution is 0.467. The fourth-order valence-corrected chi connectivity index (χ4v) is 4.85. The Morgan fingerprint density at radius 3 is 1.16 bits per heavy atom.